The molecule has 0 spiro atoms. The highest BCUT2D eigenvalue weighted by Gasteiger charge is 2.23. The lowest BCUT2D eigenvalue weighted by molar-refractivity contribution is 0.570. The molecule has 3 N–H and O–H groups in total. The zero-order valence-corrected chi connectivity index (χ0v) is 19.0. The first-order valence-electron chi connectivity index (χ1n) is 9.05. The molecule has 7 nitrogen and oxygen atoms in total. The van der Waals surface area contributed by atoms with Gasteiger partial charge in [-0.2, -0.15) is 0 Å². The Balaban J connectivity index is 1.91. The molecule has 0 atom stereocenters. The summed E-state index contributed by atoms with van der Waals surface area (Å²) in [6.45, 7) is 1.26. The normalized spacial score (nSPS) is 11.4. The molecule has 0 fully saturated rings. The predicted octanol–water partition coefficient (Wildman–Crippen LogP) is 4.27. The smallest absolute Gasteiger partial charge is 0.266 e. The van der Waals surface area contributed by atoms with Crippen molar-refractivity contribution in [2.45, 2.75) is 4.90 Å². The second-order valence-electron chi connectivity index (χ2n) is 6.52. The first-order chi connectivity index (χ1) is 14.7. The van der Waals surface area contributed by atoms with Gasteiger partial charge in [-0.05, 0) is 31.3 Å². The van der Waals surface area contributed by atoms with Crippen molar-refractivity contribution >= 4 is 55.2 Å². The minimum absolute atomic E-state index is 0.0194. The van der Waals surface area contributed by atoms with Crippen molar-refractivity contribution in [3.8, 4) is 0 Å². The van der Waals surface area contributed by atoms with E-state index < -0.39 is 26.6 Å². The fourth-order valence-corrected chi connectivity index (χ4v) is 4.90. The van der Waals surface area contributed by atoms with Crippen LogP contribution in [0.2, 0.25) is 5.02 Å². The lowest BCUT2D eigenvalue weighted by atomic mass is 10.2. The Bertz CT molecular complexity index is 1160. The molecule has 0 aliphatic heterocycles. The molecule has 1 heterocycles. The van der Waals surface area contributed by atoms with E-state index >= 15 is 0 Å². The van der Waals surface area contributed by atoms with Gasteiger partial charge in [0.05, 0.1) is 22.1 Å². The highest BCUT2D eigenvalue weighted by Crippen LogP contribution is 2.35. The fraction of sp³-hybridized carbons (Fsp3) is 0.211. The molecule has 0 unspecified atom stereocenters. The van der Waals surface area contributed by atoms with Gasteiger partial charge in [0.25, 0.3) is 10.0 Å². The number of rotatable bonds is 9. The lowest BCUT2D eigenvalue weighted by Gasteiger charge is -2.23. The molecule has 0 radical (unpaired) electrons. The number of anilines is 4. The van der Waals surface area contributed by atoms with Crippen LogP contribution in [0, 0.1) is 11.6 Å². The third-order valence-electron chi connectivity index (χ3n) is 4.30. The van der Waals surface area contributed by atoms with Crippen molar-refractivity contribution in [3.05, 3.63) is 58.6 Å². The number of nitrogens with zero attached hydrogens (tertiary/aromatic N) is 2. The molecular weight excluding hydrogens is 468 g/mol. The summed E-state index contributed by atoms with van der Waals surface area (Å²) in [5, 5.41) is 7.65. The Morgan fingerprint density at radius 3 is 2.65 bits per heavy atom. The Kier molecular flexibility index (Phi) is 7.31. The van der Waals surface area contributed by atoms with Crippen LogP contribution in [-0.4, -0.2) is 40.6 Å². The number of nitrogens with one attached hydrogen (secondary N) is 3. The van der Waals surface area contributed by atoms with Gasteiger partial charge in [-0.15, -0.1) is 11.3 Å². The quantitative estimate of drug-likeness (QED) is 0.418. The van der Waals surface area contributed by atoms with Gasteiger partial charge in [0.2, 0.25) is 0 Å². The number of likely N-dealkylation sites (N-methyl/N-ethyl adjacent to an activating group) is 2. The van der Waals surface area contributed by atoms with Crippen LogP contribution in [0.4, 0.5) is 31.0 Å². The molecule has 1 aromatic heterocycles. The van der Waals surface area contributed by atoms with Gasteiger partial charge in [0.1, 0.15) is 16.5 Å². The van der Waals surface area contributed by atoms with Crippen LogP contribution < -0.4 is 20.3 Å². The van der Waals surface area contributed by atoms with Crippen LogP contribution in [0.1, 0.15) is 0 Å². The van der Waals surface area contributed by atoms with Gasteiger partial charge in [0, 0.05) is 37.8 Å². The van der Waals surface area contributed by atoms with Crippen LogP contribution in [0.25, 0.3) is 0 Å². The van der Waals surface area contributed by atoms with Gasteiger partial charge in [-0.1, -0.05) is 11.6 Å². The minimum atomic E-state index is -4.22. The highest BCUT2D eigenvalue weighted by atomic mass is 35.5. The third-order valence-corrected chi connectivity index (χ3v) is 6.79. The van der Waals surface area contributed by atoms with E-state index in [-0.39, 0.29) is 15.8 Å². The maximum atomic E-state index is 14.7. The number of thiazole rings is 1. The number of hydrogen-bond acceptors (Lipinski definition) is 7. The SMILES string of the molecule is CNCCN(C)c1cc(F)ccc1Nc1cc(F)c(S(=O)(=O)Nc2nccs2)cc1Cl. The van der Waals surface area contributed by atoms with Crippen molar-refractivity contribution in [1.82, 2.24) is 10.3 Å². The van der Waals surface area contributed by atoms with Gasteiger partial charge in [0.15, 0.2) is 5.13 Å². The predicted molar refractivity (Wildman–Crippen MR) is 121 cm³/mol. The molecule has 3 aromatic rings. The average molecular weight is 488 g/mol. The molecule has 3 rings (SSSR count). The Labute approximate surface area is 188 Å². The summed E-state index contributed by atoms with van der Waals surface area (Å²) in [5.41, 5.74) is 1.16. The Hall–Kier alpha value is -2.47. The Morgan fingerprint density at radius 1 is 1.19 bits per heavy atom. The second kappa shape index (κ2) is 9.77. The van der Waals surface area contributed by atoms with E-state index in [2.05, 4.69) is 20.3 Å². The standard InChI is InChI=1S/C19H20ClF2N5O2S2/c1-23-5-7-27(2)17-9-12(21)3-4-15(17)25-16-11-14(22)18(10-13(16)20)31(28,29)26-19-24-6-8-30-19/h3-4,6,8-11,23,25H,5,7H2,1-2H3,(H,24,26). The Morgan fingerprint density at radius 2 is 1.97 bits per heavy atom. The van der Waals surface area contributed by atoms with E-state index in [1.54, 1.807) is 19.5 Å². The maximum Gasteiger partial charge on any atom is 0.266 e. The third kappa shape index (κ3) is 5.62. The van der Waals surface area contributed by atoms with Crippen LogP contribution in [-0.2, 0) is 10.0 Å². The number of hydrogen-bond donors (Lipinski definition) is 3. The topological polar surface area (TPSA) is 86.4 Å². The van der Waals surface area contributed by atoms with E-state index in [0.717, 1.165) is 23.5 Å². The molecule has 0 aliphatic carbocycles. The second-order valence-corrected chi connectivity index (χ2v) is 9.47. The zero-order valence-electron chi connectivity index (χ0n) is 16.6. The summed E-state index contributed by atoms with van der Waals surface area (Å²) in [6, 6.07) is 6.11. The van der Waals surface area contributed by atoms with E-state index in [1.807, 2.05) is 4.90 Å². The van der Waals surface area contributed by atoms with Crippen molar-refractivity contribution in [1.29, 1.82) is 0 Å². The van der Waals surface area contributed by atoms with Gasteiger partial charge < -0.3 is 15.5 Å². The van der Waals surface area contributed by atoms with E-state index in [1.165, 1.54) is 24.4 Å². The lowest BCUT2D eigenvalue weighted by Crippen LogP contribution is -2.27. The number of sulfonamides is 1. The van der Waals surface area contributed by atoms with Crippen LogP contribution in [0.3, 0.4) is 0 Å². The number of benzene rings is 2. The number of aromatic nitrogens is 1. The molecule has 31 heavy (non-hydrogen) atoms. The molecular formula is C19H20ClF2N5O2S2. The fourth-order valence-electron chi connectivity index (χ4n) is 2.75. The van der Waals surface area contributed by atoms with E-state index in [0.29, 0.717) is 24.5 Å². The molecule has 0 amide bonds. The summed E-state index contributed by atoms with van der Waals surface area (Å²) in [5.74, 6) is -1.42. The van der Waals surface area contributed by atoms with Gasteiger partial charge >= 0.3 is 0 Å². The molecule has 12 heteroatoms. The first kappa shape index (κ1) is 23.2. The highest BCUT2D eigenvalue weighted by molar-refractivity contribution is 7.93. The first-order valence-corrected chi connectivity index (χ1v) is 11.8. The van der Waals surface area contributed by atoms with E-state index in [9.17, 15) is 17.2 Å². The molecule has 2 aromatic carbocycles. The summed E-state index contributed by atoms with van der Waals surface area (Å²) in [4.78, 5) is 5.04. The van der Waals surface area contributed by atoms with E-state index in [4.69, 9.17) is 11.6 Å². The van der Waals surface area contributed by atoms with Crippen molar-refractivity contribution in [3.63, 3.8) is 0 Å². The molecule has 166 valence electrons. The monoisotopic (exact) mass is 487 g/mol. The molecule has 0 aliphatic rings. The summed E-state index contributed by atoms with van der Waals surface area (Å²) >= 11 is 7.32. The molecule has 0 saturated carbocycles. The van der Waals surface area contributed by atoms with Crippen LogP contribution in [0.5, 0.6) is 0 Å². The zero-order chi connectivity index (χ0) is 22.6. The van der Waals surface area contributed by atoms with Gasteiger partial charge in [-0.25, -0.2) is 22.2 Å². The van der Waals surface area contributed by atoms with Crippen molar-refractivity contribution in [2.24, 2.45) is 0 Å². The number of halogens is 3. The van der Waals surface area contributed by atoms with Crippen molar-refractivity contribution < 1.29 is 17.2 Å². The minimum Gasteiger partial charge on any atom is -0.372 e. The summed E-state index contributed by atoms with van der Waals surface area (Å²) < 4.78 is 55.8. The summed E-state index contributed by atoms with van der Waals surface area (Å²) in [6.07, 6.45) is 1.42. The van der Waals surface area contributed by atoms with Crippen LogP contribution in [0.15, 0.2) is 46.8 Å². The summed E-state index contributed by atoms with van der Waals surface area (Å²) in [7, 11) is -0.621. The van der Waals surface area contributed by atoms with Crippen molar-refractivity contribution in [2.75, 3.05) is 42.1 Å². The maximum absolute atomic E-state index is 14.7. The van der Waals surface area contributed by atoms with Crippen LogP contribution >= 0.6 is 22.9 Å². The molecule has 0 saturated heterocycles. The largest absolute Gasteiger partial charge is 0.372 e. The van der Waals surface area contributed by atoms with Gasteiger partial charge in [-0.3, -0.25) is 4.72 Å². The average Bonchev–Trinajstić information content (AvgIpc) is 3.22. The molecule has 0 bridgehead atoms.